The van der Waals surface area contributed by atoms with Crippen LogP contribution in [0.15, 0.2) is 21.1 Å². The summed E-state index contributed by atoms with van der Waals surface area (Å²) in [5.41, 5.74) is 0. The maximum atomic E-state index is 4.52. The number of thiophene rings is 1. The van der Waals surface area contributed by atoms with Gasteiger partial charge in [-0.2, -0.15) is 0 Å². The predicted molar refractivity (Wildman–Crippen MR) is 46.6 cm³/mol. The molecule has 0 amide bonds. The molecule has 0 radical (unpaired) electrons. The lowest BCUT2D eigenvalue weighted by atomic mass is 10.5. The van der Waals surface area contributed by atoms with Crippen molar-refractivity contribution in [3.8, 4) is 0 Å². The van der Waals surface area contributed by atoms with Crippen molar-refractivity contribution in [1.82, 2.24) is 0 Å². The van der Waals surface area contributed by atoms with Gasteiger partial charge in [-0.05, 0) is 22.0 Å². The highest BCUT2D eigenvalue weighted by molar-refractivity contribution is 9.10. The van der Waals surface area contributed by atoms with Gasteiger partial charge in [0.25, 0.3) is 0 Å². The number of hydrogen-bond donors (Lipinski definition) is 0. The van der Waals surface area contributed by atoms with Crippen molar-refractivity contribution in [1.29, 1.82) is 0 Å². The summed E-state index contributed by atoms with van der Waals surface area (Å²) in [4.78, 5) is 5.59. The first kappa shape index (κ1) is 7.75. The van der Waals surface area contributed by atoms with Crippen LogP contribution >= 0.6 is 27.3 Å². The third-order valence-corrected chi connectivity index (χ3v) is 2.50. The molecule has 1 rings (SSSR count). The second-order valence-electron chi connectivity index (χ2n) is 1.58. The van der Waals surface area contributed by atoms with Gasteiger partial charge < -0.3 is 4.84 Å². The number of oxime groups is 1. The second-order valence-corrected chi connectivity index (χ2v) is 3.44. The average molecular weight is 220 g/mol. The summed E-state index contributed by atoms with van der Waals surface area (Å²) in [6, 6.07) is 1.98. The Balaban J connectivity index is 2.67. The van der Waals surface area contributed by atoms with Gasteiger partial charge in [0.2, 0.25) is 0 Å². The molecule has 1 heterocycles. The average Bonchev–Trinajstić information content (AvgIpc) is 2.31. The highest BCUT2D eigenvalue weighted by atomic mass is 79.9. The summed E-state index contributed by atoms with van der Waals surface area (Å²) in [5, 5.41) is 5.62. The third-order valence-electron chi connectivity index (χ3n) is 0.873. The van der Waals surface area contributed by atoms with Gasteiger partial charge in [-0.25, -0.2) is 0 Å². The second kappa shape index (κ2) is 3.73. The SMILES string of the molecule is CO/N=C/c1cc(Br)cs1. The van der Waals surface area contributed by atoms with E-state index < -0.39 is 0 Å². The molecule has 54 valence electrons. The molecule has 4 heteroatoms. The van der Waals surface area contributed by atoms with E-state index in [1.165, 1.54) is 7.11 Å². The minimum Gasteiger partial charge on any atom is -0.399 e. The highest BCUT2D eigenvalue weighted by Gasteiger charge is 1.91. The van der Waals surface area contributed by atoms with Gasteiger partial charge in [-0.3, -0.25) is 0 Å². The Hall–Kier alpha value is -0.350. The number of hydrogen-bond acceptors (Lipinski definition) is 3. The highest BCUT2D eigenvalue weighted by Crippen LogP contribution is 2.17. The normalized spacial score (nSPS) is 10.6. The Morgan fingerprint density at radius 3 is 3.10 bits per heavy atom. The van der Waals surface area contributed by atoms with Crippen molar-refractivity contribution >= 4 is 33.5 Å². The maximum absolute atomic E-state index is 4.52. The molecule has 10 heavy (non-hydrogen) atoms. The number of nitrogens with zero attached hydrogens (tertiary/aromatic N) is 1. The fourth-order valence-corrected chi connectivity index (χ4v) is 1.79. The van der Waals surface area contributed by atoms with Crippen molar-refractivity contribution in [2.75, 3.05) is 7.11 Å². The first-order valence-corrected chi connectivity index (χ1v) is 4.31. The zero-order chi connectivity index (χ0) is 7.40. The number of halogens is 1. The van der Waals surface area contributed by atoms with Crippen LogP contribution in [0.25, 0.3) is 0 Å². The Kier molecular flexibility index (Phi) is 2.89. The van der Waals surface area contributed by atoms with Gasteiger partial charge in [0, 0.05) is 14.7 Å². The van der Waals surface area contributed by atoms with Crippen LogP contribution in [0.4, 0.5) is 0 Å². The fourth-order valence-electron chi connectivity index (χ4n) is 0.501. The van der Waals surface area contributed by atoms with Crippen molar-refractivity contribution in [2.45, 2.75) is 0 Å². The first-order chi connectivity index (χ1) is 4.83. The van der Waals surface area contributed by atoms with E-state index >= 15 is 0 Å². The van der Waals surface area contributed by atoms with E-state index in [0.717, 1.165) is 9.35 Å². The van der Waals surface area contributed by atoms with Gasteiger partial charge >= 0.3 is 0 Å². The summed E-state index contributed by atoms with van der Waals surface area (Å²) in [5.74, 6) is 0. The lowest BCUT2D eigenvalue weighted by Gasteiger charge is -1.81. The smallest absolute Gasteiger partial charge is 0.106 e. The Morgan fingerprint density at radius 2 is 2.60 bits per heavy atom. The zero-order valence-electron chi connectivity index (χ0n) is 5.37. The standard InChI is InChI=1S/C6H6BrNOS/c1-9-8-3-6-2-5(7)4-10-6/h2-4H,1H3/b8-3+. The Morgan fingerprint density at radius 1 is 1.80 bits per heavy atom. The lowest BCUT2D eigenvalue weighted by molar-refractivity contribution is 0.215. The molecule has 0 aliphatic heterocycles. The summed E-state index contributed by atoms with van der Waals surface area (Å²) < 4.78 is 1.08. The molecule has 0 unspecified atom stereocenters. The van der Waals surface area contributed by atoms with E-state index in [2.05, 4.69) is 25.9 Å². The van der Waals surface area contributed by atoms with Crippen LogP contribution in [-0.2, 0) is 4.84 Å². The van der Waals surface area contributed by atoms with Gasteiger partial charge in [-0.1, -0.05) is 5.16 Å². The molecule has 0 aliphatic carbocycles. The quantitative estimate of drug-likeness (QED) is 0.554. The maximum Gasteiger partial charge on any atom is 0.106 e. The van der Waals surface area contributed by atoms with Crippen LogP contribution in [0.3, 0.4) is 0 Å². The monoisotopic (exact) mass is 219 g/mol. The molecule has 0 fully saturated rings. The van der Waals surface area contributed by atoms with Crippen molar-refractivity contribution in [3.63, 3.8) is 0 Å². The molecular weight excluding hydrogens is 214 g/mol. The third kappa shape index (κ3) is 2.11. The minimum absolute atomic E-state index is 1.08. The van der Waals surface area contributed by atoms with E-state index in [-0.39, 0.29) is 0 Å². The lowest BCUT2D eigenvalue weighted by Crippen LogP contribution is -1.72. The number of rotatable bonds is 2. The van der Waals surface area contributed by atoms with Crippen molar-refractivity contribution in [2.24, 2.45) is 5.16 Å². The minimum atomic E-state index is 1.08. The summed E-state index contributed by atoms with van der Waals surface area (Å²) >= 11 is 4.95. The largest absolute Gasteiger partial charge is 0.399 e. The fraction of sp³-hybridized carbons (Fsp3) is 0.167. The first-order valence-electron chi connectivity index (χ1n) is 2.63. The molecule has 1 aromatic rings. The Labute approximate surface area is 71.6 Å². The van der Waals surface area contributed by atoms with Crippen LogP contribution in [0, 0.1) is 0 Å². The summed E-state index contributed by atoms with van der Waals surface area (Å²) in [6.45, 7) is 0. The molecule has 0 aliphatic rings. The molecule has 0 N–H and O–H groups in total. The topological polar surface area (TPSA) is 21.6 Å². The zero-order valence-corrected chi connectivity index (χ0v) is 7.78. The van der Waals surface area contributed by atoms with E-state index in [1.54, 1.807) is 17.6 Å². The molecular formula is C6H6BrNOS. The van der Waals surface area contributed by atoms with E-state index in [0.29, 0.717) is 0 Å². The van der Waals surface area contributed by atoms with Gasteiger partial charge in [0.1, 0.15) is 7.11 Å². The molecule has 1 aromatic heterocycles. The summed E-state index contributed by atoms with van der Waals surface area (Å²) in [6.07, 6.45) is 1.68. The molecule has 0 bridgehead atoms. The van der Waals surface area contributed by atoms with Crippen LogP contribution in [-0.4, -0.2) is 13.3 Å². The molecule has 0 saturated carbocycles. The molecule has 2 nitrogen and oxygen atoms in total. The molecule has 0 saturated heterocycles. The van der Waals surface area contributed by atoms with E-state index in [1.807, 2.05) is 11.4 Å². The van der Waals surface area contributed by atoms with Gasteiger partial charge in [0.15, 0.2) is 0 Å². The van der Waals surface area contributed by atoms with Crippen LogP contribution < -0.4 is 0 Å². The van der Waals surface area contributed by atoms with Gasteiger partial charge in [-0.15, -0.1) is 11.3 Å². The molecule has 0 aromatic carbocycles. The van der Waals surface area contributed by atoms with Crippen molar-refractivity contribution in [3.05, 3.63) is 20.8 Å². The van der Waals surface area contributed by atoms with E-state index in [4.69, 9.17) is 0 Å². The molecule has 0 atom stereocenters. The molecule has 0 spiro atoms. The van der Waals surface area contributed by atoms with Crippen LogP contribution in [0.2, 0.25) is 0 Å². The van der Waals surface area contributed by atoms with E-state index in [9.17, 15) is 0 Å². The van der Waals surface area contributed by atoms with Crippen LogP contribution in [0.1, 0.15) is 4.88 Å². The Bertz CT molecular complexity index is 233. The van der Waals surface area contributed by atoms with Crippen LogP contribution in [0.5, 0.6) is 0 Å². The predicted octanol–water partition coefficient (Wildman–Crippen LogP) is 2.49. The van der Waals surface area contributed by atoms with Gasteiger partial charge in [0.05, 0.1) is 6.21 Å². The van der Waals surface area contributed by atoms with Crippen molar-refractivity contribution < 1.29 is 4.84 Å². The summed E-state index contributed by atoms with van der Waals surface area (Å²) in [7, 11) is 1.53.